The van der Waals surface area contributed by atoms with Crippen molar-refractivity contribution in [2.24, 2.45) is 0 Å². The minimum Gasteiger partial charge on any atom is -0.393 e. The van der Waals surface area contributed by atoms with Crippen molar-refractivity contribution in [2.75, 3.05) is 5.32 Å². The SMILES string of the molecule is O=C(NCc1cscn1)c1cc([N+](=O)[O-])ccc1NC1CCC(O)CC1. The third-order valence-electron chi connectivity index (χ3n) is 4.43. The van der Waals surface area contributed by atoms with E-state index in [0.717, 1.165) is 18.5 Å². The molecule has 1 aliphatic carbocycles. The van der Waals surface area contributed by atoms with E-state index >= 15 is 0 Å². The van der Waals surface area contributed by atoms with Gasteiger partial charge in [0.25, 0.3) is 11.6 Å². The summed E-state index contributed by atoms with van der Waals surface area (Å²) in [4.78, 5) is 27.3. The van der Waals surface area contributed by atoms with E-state index in [0.29, 0.717) is 18.5 Å². The predicted octanol–water partition coefficient (Wildman–Crippen LogP) is 2.70. The van der Waals surface area contributed by atoms with Crippen LogP contribution in [0.5, 0.6) is 0 Å². The van der Waals surface area contributed by atoms with Crippen molar-refractivity contribution in [3.8, 4) is 0 Å². The van der Waals surface area contributed by atoms with E-state index in [1.54, 1.807) is 11.6 Å². The van der Waals surface area contributed by atoms with Crippen molar-refractivity contribution in [3.05, 3.63) is 50.5 Å². The maximum absolute atomic E-state index is 12.6. The van der Waals surface area contributed by atoms with E-state index in [2.05, 4.69) is 15.6 Å². The van der Waals surface area contributed by atoms with Gasteiger partial charge in [0.05, 0.1) is 34.3 Å². The molecule has 1 heterocycles. The number of rotatable bonds is 6. The van der Waals surface area contributed by atoms with Crippen molar-refractivity contribution in [2.45, 2.75) is 44.4 Å². The highest BCUT2D eigenvalue weighted by atomic mass is 32.1. The number of benzene rings is 1. The topological polar surface area (TPSA) is 117 Å². The zero-order chi connectivity index (χ0) is 18.5. The standard InChI is InChI=1S/C17H20N4O4S/c22-14-4-1-11(2-5-14)20-16-6-3-13(21(24)25)7-15(16)17(23)18-8-12-9-26-10-19-12/h3,6-7,9-11,14,20,22H,1-2,4-5,8H2,(H,18,23). The largest absolute Gasteiger partial charge is 0.393 e. The van der Waals surface area contributed by atoms with E-state index in [1.165, 1.54) is 23.5 Å². The van der Waals surface area contributed by atoms with Crippen LogP contribution in [0.4, 0.5) is 11.4 Å². The molecule has 3 rings (SSSR count). The highest BCUT2D eigenvalue weighted by Crippen LogP contribution is 2.27. The number of hydrogen-bond acceptors (Lipinski definition) is 7. The molecule has 9 heteroatoms. The van der Waals surface area contributed by atoms with Crippen LogP contribution in [0.2, 0.25) is 0 Å². The van der Waals surface area contributed by atoms with Gasteiger partial charge in [-0.2, -0.15) is 0 Å². The zero-order valence-corrected chi connectivity index (χ0v) is 14.9. The maximum Gasteiger partial charge on any atom is 0.270 e. The van der Waals surface area contributed by atoms with Crippen LogP contribution in [0.3, 0.4) is 0 Å². The van der Waals surface area contributed by atoms with E-state index in [9.17, 15) is 20.0 Å². The summed E-state index contributed by atoms with van der Waals surface area (Å²) in [5, 5.41) is 28.6. The first-order valence-corrected chi connectivity index (χ1v) is 9.35. The maximum atomic E-state index is 12.6. The summed E-state index contributed by atoms with van der Waals surface area (Å²) in [5.41, 5.74) is 3.09. The summed E-state index contributed by atoms with van der Waals surface area (Å²) >= 11 is 1.44. The van der Waals surface area contributed by atoms with E-state index in [1.807, 2.05) is 5.38 Å². The number of nitro benzene ring substituents is 1. The van der Waals surface area contributed by atoms with Gasteiger partial charge in [-0.15, -0.1) is 11.3 Å². The fourth-order valence-corrected chi connectivity index (χ4v) is 3.55. The summed E-state index contributed by atoms with van der Waals surface area (Å²) in [6, 6.07) is 4.37. The Hall–Kier alpha value is -2.52. The van der Waals surface area contributed by atoms with Crippen LogP contribution in [0.1, 0.15) is 41.7 Å². The average molecular weight is 376 g/mol. The molecule has 3 N–H and O–H groups in total. The normalized spacial score (nSPS) is 19.7. The van der Waals surface area contributed by atoms with Gasteiger partial charge in [0.1, 0.15) is 0 Å². The first-order chi connectivity index (χ1) is 12.5. The third-order valence-corrected chi connectivity index (χ3v) is 5.06. The van der Waals surface area contributed by atoms with Gasteiger partial charge in [0, 0.05) is 29.2 Å². The highest BCUT2D eigenvalue weighted by molar-refractivity contribution is 7.07. The van der Waals surface area contributed by atoms with Gasteiger partial charge < -0.3 is 15.7 Å². The number of non-ortho nitro benzene ring substituents is 1. The Morgan fingerprint density at radius 3 is 2.77 bits per heavy atom. The third kappa shape index (κ3) is 4.55. The Kier molecular flexibility index (Phi) is 5.79. The number of nitro groups is 1. The minimum atomic E-state index is -0.516. The van der Waals surface area contributed by atoms with Crippen LogP contribution in [0.25, 0.3) is 0 Å². The number of nitrogens with zero attached hydrogens (tertiary/aromatic N) is 2. The molecule has 1 saturated carbocycles. The van der Waals surface area contributed by atoms with E-state index in [4.69, 9.17) is 0 Å². The molecule has 0 spiro atoms. The van der Waals surface area contributed by atoms with Gasteiger partial charge in [-0.1, -0.05) is 0 Å². The van der Waals surface area contributed by atoms with Gasteiger partial charge in [-0.05, 0) is 31.7 Å². The fourth-order valence-electron chi connectivity index (χ4n) is 2.99. The number of aliphatic hydroxyl groups excluding tert-OH is 1. The number of carbonyl (C=O) groups is 1. The number of aliphatic hydroxyl groups is 1. The number of carbonyl (C=O) groups excluding carboxylic acids is 1. The summed E-state index contributed by atoms with van der Waals surface area (Å²) in [7, 11) is 0. The zero-order valence-electron chi connectivity index (χ0n) is 14.1. The van der Waals surface area contributed by atoms with Gasteiger partial charge >= 0.3 is 0 Å². The van der Waals surface area contributed by atoms with Crippen LogP contribution in [0.15, 0.2) is 29.1 Å². The molecule has 1 fully saturated rings. The lowest BCUT2D eigenvalue weighted by Gasteiger charge is -2.27. The first-order valence-electron chi connectivity index (χ1n) is 8.41. The van der Waals surface area contributed by atoms with E-state index < -0.39 is 4.92 Å². The molecule has 0 atom stereocenters. The second kappa shape index (κ2) is 8.24. The summed E-state index contributed by atoms with van der Waals surface area (Å²) in [5.74, 6) is -0.389. The molecule has 1 aliphatic rings. The summed E-state index contributed by atoms with van der Waals surface area (Å²) in [6.45, 7) is 0.264. The molecule has 1 aromatic heterocycles. The average Bonchev–Trinajstić information content (AvgIpc) is 3.15. The molecule has 0 aliphatic heterocycles. The van der Waals surface area contributed by atoms with Crippen LogP contribution in [-0.4, -0.2) is 33.1 Å². The fraction of sp³-hybridized carbons (Fsp3) is 0.412. The molecule has 2 aromatic rings. The summed E-state index contributed by atoms with van der Waals surface area (Å²) < 4.78 is 0. The Labute approximate surface area is 154 Å². The van der Waals surface area contributed by atoms with Crippen molar-refractivity contribution in [1.29, 1.82) is 0 Å². The van der Waals surface area contributed by atoms with Gasteiger partial charge in [-0.3, -0.25) is 14.9 Å². The molecular weight excluding hydrogens is 356 g/mol. The molecule has 1 aromatic carbocycles. The van der Waals surface area contributed by atoms with E-state index in [-0.39, 0.29) is 35.8 Å². The van der Waals surface area contributed by atoms with Crippen molar-refractivity contribution in [3.63, 3.8) is 0 Å². The number of anilines is 1. The first kappa shape index (κ1) is 18.3. The molecule has 26 heavy (non-hydrogen) atoms. The minimum absolute atomic E-state index is 0.130. The molecule has 8 nitrogen and oxygen atoms in total. The Balaban J connectivity index is 1.76. The second-order valence-electron chi connectivity index (χ2n) is 6.30. The summed E-state index contributed by atoms with van der Waals surface area (Å²) in [6.07, 6.45) is 2.72. The van der Waals surface area contributed by atoms with Crippen LogP contribution in [0, 0.1) is 10.1 Å². The van der Waals surface area contributed by atoms with Crippen molar-refractivity contribution in [1.82, 2.24) is 10.3 Å². The van der Waals surface area contributed by atoms with Crippen LogP contribution in [-0.2, 0) is 6.54 Å². The molecule has 0 unspecified atom stereocenters. The lowest BCUT2D eigenvalue weighted by atomic mass is 9.92. The Morgan fingerprint density at radius 1 is 1.35 bits per heavy atom. The number of hydrogen-bond donors (Lipinski definition) is 3. The number of thiazole rings is 1. The Bertz CT molecular complexity index is 773. The van der Waals surface area contributed by atoms with Gasteiger partial charge in [-0.25, -0.2) is 4.98 Å². The number of aromatic nitrogens is 1. The van der Waals surface area contributed by atoms with Gasteiger partial charge in [0.2, 0.25) is 0 Å². The quantitative estimate of drug-likeness (QED) is 0.527. The van der Waals surface area contributed by atoms with Crippen LogP contribution >= 0.6 is 11.3 Å². The molecule has 1 amide bonds. The molecule has 0 saturated heterocycles. The lowest BCUT2D eigenvalue weighted by Crippen LogP contribution is -2.30. The molecule has 138 valence electrons. The van der Waals surface area contributed by atoms with Gasteiger partial charge in [0.15, 0.2) is 0 Å². The lowest BCUT2D eigenvalue weighted by molar-refractivity contribution is -0.384. The monoisotopic (exact) mass is 376 g/mol. The van der Waals surface area contributed by atoms with Crippen LogP contribution < -0.4 is 10.6 Å². The smallest absolute Gasteiger partial charge is 0.270 e. The number of amides is 1. The predicted molar refractivity (Wildman–Crippen MR) is 98.3 cm³/mol. The molecular formula is C17H20N4O4S. The molecule has 0 radical (unpaired) electrons. The second-order valence-corrected chi connectivity index (χ2v) is 7.02. The number of nitrogens with one attached hydrogen (secondary N) is 2. The highest BCUT2D eigenvalue weighted by Gasteiger charge is 2.22. The van der Waals surface area contributed by atoms with Crippen molar-refractivity contribution >= 4 is 28.6 Å². The Morgan fingerprint density at radius 2 is 2.12 bits per heavy atom. The van der Waals surface area contributed by atoms with Crippen molar-refractivity contribution < 1.29 is 14.8 Å². The molecule has 0 bridgehead atoms.